The first-order valence-electron chi connectivity index (χ1n) is 4.54. The van der Waals surface area contributed by atoms with Gasteiger partial charge in [0.25, 0.3) is 0 Å². The second kappa shape index (κ2) is 2.94. The number of nitrogens with one attached hydrogen (secondary N) is 1. The van der Waals surface area contributed by atoms with Crippen LogP contribution in [-0.2, 0) is 0 Å². The first-order chi connectivity index (χ1) is 6.59. The Bertz CT molecular complexity index is 523. The molecule has 0 bridgehead atoms. The molecule has 2 rings (SSSR count). The van der Waals surface area contributed by atoms with E-state index in [0.29, 0.717) is 17.4 Å². The molecule has 74 valence electrons. The summed E-state index contributed by atoms with van der Waals surface area (Å²) in [6.07, 6.45) is 1.70. The van der Waals surface area contributed by atoms with Gasteiger partial charge >= 0.3 is 5.69 Å². The highest BCUT2D eigenvalue weighted by atomic mass is 16.1. The number of aromatic amines is 1. The highest BCUT2D eigenvalue weighted by molar-refractivity contribution is 5.47. The second-order valence-corrected chi connectivity index (χ2v) is 3.62. The van der Waals surface area contributed by atoms with Gasteiger partial charge in [-0.3, -0.25) is 4.98 Å². The fourth-order valence-corrected chi connectivity index (χ4v) is 1.42. The lowest BCUT2D eigenvalue weighted by molar-refractivity contribution is 0.816. The minimum atomic E-state index is -0.237. The van der Waals surface area contributed by atoms with Gasteiger partial charge in [-0.05, 0) is 12.8 Å². The van der Waals surface area contributed by atoms with E-state index in [1.165, 1.54) is 4.52 Å². The first-order valence-corrected chi connectivity index (χ1v) is 4.54. The van der Waals surface area contributed by atoms with Crippen LogP contribution in [0.2, 0.25) is 0 Å². The summed E-state index contributed by atoms with van der Waals surface area (Å²) in [5, 5.41) is 3.99. The molecule has 2 aromatic heterocycles. The van der Waals surface area contributed by atoms with Gasteiger partial charge in [0.05, 0.1) is 6.20 Å². The molecular weight excluding hydrogens is 180 g/mol. The van der Waals surface area contributed by atoms with Gasteiger partial charge in [0.1, 0.15) is 5.82 Å². The summed E-state index contributed by atoms with van der Waals surface area (Å²) >= 11 is 0. The Morgan fingerprint density at radius 3 is 2.86 bits per heavy atom. The van der Waals surface area contributed by atoms with Crippen LogP contribution in [-0.4, -0.2) is 19.6 Å². The first kappa shape index (κ1) is 8.93. The third-order valence-corrected chi connectivity index (χ3v) is 2.15. The number of aryl methyl sites for hydroxylation is 1. The van der Waals surface area contributed by atoms with Crippen LogP contribution in [0.3, 0.4) is 0 Å². The van der Waals surface area contributed by atoms with Gasteiger partial charge in [0.2, 0.25) is 0 Å². The molecule has 0 aliphatic carbocycles. The van der Waals surface area contributed by atoms with E-state index in [2.05, 4.69) is 28.9 Å². The lowest BCUT2D eigenvalue weighted by atomic mass is 10.1. The van der Waals surface area contributed by atoms with Gasteiger partial charge < -0.3 is 0 Å². The molecule has 0 saturated carbocycles. The standard InChI is InChI=1S/C9H12N4O/c1-5(2)7-4-10-13-8(7)11-6(3)12-9(13)14/h4-5H,1-3H3,(H,11,12,14). The molecule has 0 saturated heterocycles. The maximum absolute atomic E-state index is 11.4. The zero-order valence-corrected chi connectivity index (χ0v) is 8.40. The third-order valence-electron chi connectivity index (χ3n) is 2.15. The highest BCUT2D eigenvalue weighted by Crippen LogP contribution is 2.16. The Morgan fingerprint density at radius 2 is 2.21 bits per heavy atom. The predicted octanol–water partition coefficient (Wildman–Crippen LogP) is 0.849. The Kier molecular flexibility index (Phi) is 1.87. The van der Waals surface area contributed by atoms with Crippen molar-refractivity contribution < 1.29 is 0 Å². The average molecular weight is 192 g/mol. The molecule has 0 aliphatic rings. The number of fused-ring (bicyclic) bond motifs is 1. The molecular formula is C9H12N4O. The van der Waals surface area contributed by atoms with Crippen molar-refractivity contribution in [1.82, 2.24) is 19.6 Å². The molecule has 0 fully saturated rings. The molecule has 1 N–H and O–H groups in total. The molecule has 0 radical (unpaired) electrons. The quantitative estimate of drug-likeness (QED) is 0.728. The summed E-state index contributed by atoms with van der Waals surface area (Å²) in [4.78, 5) is 18.3. The molecule has 0 aromatic carbocycles. The summed E-state index contributed by atoms with van der Waals surface area (Å²) in [6, 6.07) is 0. The van der Waals surface area contributed by atoms with Crippen LogP contribution in [0, 0.1) is 6.92 Å². The van der Waals surface area contributed by atoms with Gasteiger partial charge in [-0.25, -0.2) is 9.78 Å². The monoisotopic (exact) mass is 192 g/mol. The number of hydrogen-bond acceptors (Lipinski definition) is 3. The number of aromatic nitrogens is 4. The van der Waals surface area contributed by atoms with Crippen LogP contribution in [0.15, 0.2) is 11.0 Å². The van der Waals surface area contributed by atoms with Crippen LogP contribution in [0.1, 0.15) is 31.2 Å². The Hall–Kier alpha value is -1.65. The summed E-state index contributed by atoms with van der Waals surface area (Å²) in [7, 11) is 0. The van der Waals surface area contributed by atoms with Crippen LogP contribution in [0.5, 0.6) is 0 Å². The Morgan fingerprint density at radius 1 is 1.50 bits per heavy atom. The number of H-pyrrole nitrogens is 1. The van der Waals surface area contributed by atoms with Gasteiger partial charge in [0.15, 0.2) is 5.65 Å². The molecule has 14 heavy (non-hydrogen) atoms. The lowest BCUT2D eigenvalue weighted by Gasteiger charge is -2.00. The smallest absolute Gasteiger partial charge is 0.294 e. The minimum absolute atomic E-state index is 0.237. The SMILES string of the molecule is Cc1nc2c(C(C)C)cnn2c(=O)[nH]1. The molecule has 0 unspecified atom stereocenters. The van der Waals surface area contributed by atoms with Gasteiger partial charge in [0, 0.05) is 5.56 Å². The second-order valence-electron chi connectivity index (χ2n) is 3.62. The van der Waals surface area contributed by atoms with E-state index in [1.807, 2.05) is 0 Å². The molecule has 0 amide bonds. The predicted molar refractivity (Wildman–Crippen MR) is 52.4 cm³/mol. The molecule has 0 spiro atoms. The van der Waals surface area contributed by atoms with E-state index >= 15 is 0 Å². The van der Waals surface area contributed by atoms with Crippen LogP contribution in [0.4, 0.5) is 0 Å². The van der Waals surface area contributed by atoms with E-state index in [1.54, 1.807) is 13.1 Å². The van der Waals surface area contributed by atoms with Crippen molar-refractivity contribution in [3.8, 4) is 0 Å². The van der Waals surface area contributed by atoms with Crippen molar-refractivity contribution in [2.45, 2.75) is 26.7 Å². The fraction of sp³-hybridized carbons (Fsp3) is 0.444. The van der Waals surface area contributed by atoms with Gasteiger partial charge in [-0.15, -0.1) is 0 Å². The molecule has 2 aromatic rings. The molecule has 0 atom stereocenters. The topological polar surface area (TPSA) is 63.1 Å². The summed E-state index contributed by atoms with van der Waals surface area (Å²) in [5.74, 6) is 0.936. The number of hydrogen-bond donors (Lipinski definition) is 1. The Labute approximate surface area is 80.8 Å². The van der Waals surface area contributed by atoms with Crippen molar-refractivity contribution in [3.63, 3.8) is 0 Å². The lowest BCUT2D eigenvalue weighted by Crippen LogP contribution is -2.19. The van der Waals surface area contributed by atoms with E-state index in [-0.39, 0.29) is 5.69 Å². The maximum Gasteiger partial charge on any atom is 0.349 e. The van der Waals surface area contributed by atoms with Crippen LogP contribution < -0.4 is 5.69 Å². The molecule has 5 nitrogen and oxygen atoms in total. The van der Waals surface area contributed by atoms with E-state index in [4.69, 9.17) is 0 Å². The van der Waals surface area contributed by atoms with Crippen molar-refractivity contribution in [3.05, 3.63) is 28.1 Å². The average Bonchev–Trinajstić information content (AvgIpc) is 2.47. The normalized spacial score (nSPS) is 11.4. The molecule has 0 aliphatic heterocycles. The zero-order chi connectivity index (χ0) is 10.3. The largest absolute Gasteiger partial charge is 0.349 e. The molecule has 2 heterocycles. The summed E-state index contributed by atoms with van der Waals surface area (Å²) in [5.41, 5.74) is 1.42. The third kappa shape index (κ3) is 1.21. The van der Waals surface area contributed by atoms with Crippen LogP contribution >= 0.6 is 0 Å². The van der Waals surface area contributed by atoms with E-state index < -0.39 is 0 Å². The van der Waals surface area contributed by atoms with Crippen LogP contribution in [0.25, 0.3) is 5.65 Å². The summed E-state index contributed by atoms with van der Waals surface area (Å²) < 4.78 is 1.29. The number of nitrogens with zero attached hydrogens (tertiary/aromatic N) is 3. The van der Waals surface area contributed by atoms with Gasteiger partial charge in [-0.2, -0.15) is 9.61 Å². The van der Waals surface area contributed by atoms with Crippen molar-refractivity contribution in [2.24, 2.45) is 0 Å². The summed E-state index contributed by atoms with van der Waals surface area (Å²) in [6.45, 7) is 5.86. The van der Waals surface area contributed by atoms with E-state index in [9.17, 15) is 4.79 Å². The highest BCUT2D eigenvalue weighted by Gasteiger charge is 2.10. The van der Waals surface area contributed by atoms with Crippen molar-refractivity contribution in [1.29, 1.82) is 0 Å². The maximum atomic E-state index is 11.4. The molecule has 5 heteroatoms. The number of rotatable bonds is 1. The fourth-order valence-electron chi connectivity index (χ4n) is 1.42. The van der Waals surface area contributed by atoms with Gasteiger partial charge in [-0.1, -0.05) is 13.8 Å². The van der Waals surface area contributed by atoms with E-state index in [0.717, 1.165) is 5.56 Å². The van der Waals surface area contributed by atoms with Crippen molar-refractivity contribution in [2.75, 3.05) is 0 Å². The zero-order valence-electron chi connectivity index (χ0n) is 8.40. The minimum Gasteiger partial charge on any atom is -0.294 e. The van der Waals surface area contributed by atoms with Crippen molar-refractivity contribution >= 4 is 5.65 Å². The Balaban J connectivity index is 2.85.